The number of carbonyl (C=O) groups is 6. The van der Waals surface area contributed by atoms with Crippen LogP contribution in [0.1, 0.15) is 50.9 Å². The third kappa shape index (κ3) is 14.7. The normalized spacial score (nSPS) is 11.1. The third-order valence-corrected chi connectivity index (χ3v) is 4.30. The monoisotopic (exact) mass is 771 g/mol. The SMILES string of the molecule is O=C(CC(=O)C(F)(F)F)c1ccco1.O=C(CC(=O)C(F)(F)F)c1ccco1.O=C(CC(=O)C(F)(F)F)c1ccco1.[Eu]. The van der Waals surface area contributed by atoms with Crippen LogP contribution in [0.4, 0.5) is 39.5 Å². The van der Waals surface area contributed by atoms with Crippen molar-refractivity contribution in [2.75, 3.05) is 0 Å². The molecule has 0 fully saturated rings. The van der Waals surface area contributed by atoms with Crippen LogP contribution in [0, 0.1) is 49.4 Å². The second-order valence-corrected chi connectivity index (χ2v) is 7.49. The standard InChI is InChI=1S/3C8H5F3O3.Eu/c3*9-8(10,11)7(13)4-5(12)6-2-1-3-14-6;/h3*1-3H,4H2;. The number of furan rings is 3. The van der Waals surface area contributed by atoms with Gasteiger partial charge in [0.05, 0.1) is 38.1 Å². The van der Waals surface area contributed by atoms with Crippen LogP contribution < -0.4 is 0 Å². The van der Waals surface area contributed by atoms with E-state index in [1.54, 1.807) is 0 Å². The molecular weight excluding hydrogens is 755 g/mol. The van der Waals surface area contributed by atoms with E-state index in [4.69, 9.17) is 0 Å². The van der Waals surface area contributed by atoms with Crippen LogP contribution in [0.25, 0.3) is 0 Å². The number of hydrogen-bond acceptors (Lipinski definition) is 9. The van der Waals surface area contributed by atoms with Crippen LogP contribution in [-0.4, -0.2) is 53.2 Å². The summed E-state index contributed by atoms with van der Waals surface area (Å²) in [6.07, 6.45) is -15.1. The number of Topliss-reactive ketones (excluding diaryl/α,β-unsaturated/α-hetero) is 6. The number of ketones is 6. The van der Waals surface area contributed by atoms with Crippen molar-refractivity contribution >= 4 is 34.7 Å². The van der Waals surface area contributed by atoms with E-state index in [1.165, 1.54) is 36.4 Å². The molecule has 3 heterocycles. The predicted molar refractivity (Wildman–Crippen MR) is 116 cm³/mol. The Morgan fingerprint density at radius 2 is 0.674 bits per heavy atom. The molecule has 0 saturated heterocycles. The maximum Gasteiger partial charge on any atom is 0.450 e. The van der Waals surface area contributed by atoms with Gasteiger partial charge in [-0.3, -0.25) is 28.8 Å². The number of halogens is 9. The van der Waals surface area contributed by atoms with Crippen LogP contribution >= 0.6 is 0 Å². The maximum atomic E-state index is 11.7. The van der Waals surface area contributed by atoms with Crippen molar-refractivity contribution in [1.29, 1.82) is 0 Å². The zero-order chi connectivity index (χ0) is 32.3. The van der Waals surface area contributed by atoms with Gasteiger partial charge in [0, 0.05) is 49.4 Å². The second kappa shape index (κ2) is 17.2. The molecule has 3 aromatic rings. The average molecular weight is 770 g/mol. The van der Waals surface area contributed by atoms with Crippen molar-refractivity contribution in [3.8, 4) is 0 Å². The van der Waals surface area contributed by atoms with E-state index in [-0.39, 0.29) is 66.7 Å². The summed E-state index contributed by atoms with van der Waals surface area (Å²) in [4.78, 5) is 64.0. The largest absolute Gasteiger partial charge is 0.461 e. The van der Waals surface area contributed by atoms with Crippen molar-refractivity contribution in [2.45, 2.75) is 37.8 Å². The van der Waals surface area contributed by atoms with Gasteiger partial charge in [0.2, 0.25) is 34.7 Å². The van der Waals surface area contributed by atoms with Crippen LogP contribution in [0.2, 0.25) is 0 Å². The summed E-state index contributed by atoms with van der Waals surface area (Å²) in [6.45, 7) is 0. The van der Waals surface area contributed by atoms with E-state index in [0.717, 1.165) is 18.8 Å². The Morgan fingerprint density at radius 1 is 0.465 bits per heavy atom. The van der Waals surface area contributed by atoms with E-state index >= 15 is 0 Å². The van der Waals surface area contributed by atoms with E-state index < -0.39 is 72.5 Å². The number of hydrogen-bond donors (Lipinski definition) is 0. The van der Waals surface area contributed by atoms with E-state index in [1.807, 2.05) is 0 Å². The first-order valence-corrected chi connectivity index (χ1v) is 10.7. The van der Waals surface area contributed by atoms with Crippen molar-refractivity contribution in [3.63, 3.8) is 0 Å². The predicted octanol–water partition coefficient (Wildman–Crippen LogP) is 5.95. The van der Waals surface area contributed by atoms with Crippen molar-refractivity contribution in [1.82, 2.24) is 0 Å². The molecule has 235 valence electrons. The Balaban J connectivity index is 0.000000608. The molecule has 0 amide bonds. The summed E-state index contributed by atoms with van der Waals surface area (Å²) in [5, 5.41) is 0. The van der Waals surface area contributed by atoms with Gasteiger partial charge in [0.15, 0.2) is 17.3 Å². The minimum Gasteiger partial charge on any atom is -0.461 e. The smallest absolute Gasteiger partial charge is 0.450 e. The molecule has 0 aliphatic carbocycles. The molecule has 9 nitrogen and oxygen atoms in total. The quantitative estimate of drug-likeness (QED) is 0.147. The summed E-state index contributed by atoms with van der Waals surface area (Å²) in [5.41, 5.74) is 0. The fraction of sp³-hybridized carbons (Fsp3) is 0.250. The molecular formula is C24H15EuF9O9. The fourth-order valence-corrected chi connectivity index (χ4v) is 2.31. The molecule has 0 bridgehead atoms. The van der Waals surface area contributed by atoms with Gasteiger partial charge in [-0.1, -0.05) is 0 Å². The molecule has 0 spiro atoms. The van der Waals surface area contributed by atoms with Crippen LogP contribution in [-0.2, 0) is 14.4 Å². The first-order chi connectivity index (χ1) is 19.2. The Bertz CT molecular complexity index is 1190. The van der Waals surface area contributed by atoms with Gasteiger partial charge < -0.3 is 13.3 Å². The molecule has 1 radical (unpaired) electrons. The molecule has 43 heavy (non-hydrogen) atoms. The first-order valence-electron chi connectivity index (χ1n) is 10.7. The van der Waals surface area contributed by atoms with E-state index in [0.29, 0.717) is 0 Å². The Labute approximate surface area is 274 Å². The van der Waals surface area contributed by atoms with Gasteiger partial charge in [0.1, 0.15) is 0 Å². The van der Waals surface area contributed by atoms with Crippen LogP contribution in [0.3, 0.4) is 0 Å². The van der Waals surface area contributed by atoms with Gasteiger partial charge >= 0.3 is 18.5 Å². The first kappa shape index (κ1) is 39.8. The van der Waals surface area contributed by atoms with Crippen LogP contribution in [0.5, 0.6) is 0 Å². The number of carbonyl (C=O) groups excluding carboxylic acids is 6. The Kier molecular flexibility index (Phi) is 15.9. The Morgan fingerprint density at radius 3 is 0.814 bits per heavy atom. The molecule has 0 unspecified atom stereocenters. The summed E-state index contributed by atoms with van der Waals surface area (Å²) in [6, 6.07) is 7.66. The third-order valence-electron chi connectivity index (χ3n) is 4.30. The molecule has 0 N–H and O–H groups in total. The van der Waals surface area contributed by atoms with Gasteiger partial charge in [-0.2, -0.15) is 39.5 Å². The van der Waals surface area contributed by atoms with Crippen molar-refractivity contribution in [2.24, 2.45) is 0 Å². The summed E-state index contributed by atoms with van der Waals surface area (Å²) < 4.78 is 119. The maximum absolute atomic E-state index is 11.7. The zero-order valence-corrected chi connectivity index (χ0v) is 23.2. The van der Waals surface area contributed by atoms with Gasteiger partial charge in [-0.15, -0.1) is 0 Å². The molecule has 3 aromatic heterocycles. The minimum absolute atomic E-state index is 0. The van der Waals surface area contributed by atoms with E-state index in [2.05, 4.69) is 13.3 Å². The van der Waals surface area contributed by atoms with E-state index in [9.17, 15) is 68.3 Å². The molecule has 0 aliphatic heterocycles. The number of rotatable bonds is 9. The Hall–Kier alpha value is -3.19. The fourth-order valence-electron chi connectivity index (χ4n) is 2.31. The van der Waals surface area contributed by atoms with Gasteiger partial charge in [-0.25, -0.2) is 0 Å². The summed E-state index contributed by atoms with van der Waals surface area (Å²) >= 11 is 0. The topological polar surface area (TPSA) is 142 Å². The zero-order valence-electron chi connectivity index (χ0n) is 20.8. The summed E-state index contributed by atoms with van der Waals surface area (Å²) in [7, 11) is 0. The summed E-state index contributed by atoms with van der Waals surface area (Å²) in [5.74, 6) is -9.88. The van der Waals surface area contributed by atoms with Crippen LogP contribution in [0.15, 0.2) is 68.4 Å². The van der Waals surface area contributed by atoms with Crippen molar-refractivity contribution in [3.05, 3.63) is 72.5 Å². The molecule has 0 atom stereocenters. The molecule has 0 aromatic carbocycles. The molecule has 3 rings (SSSR count). The molecule has 0 aliphatic rings. The number of alkyl halides is 9. The van der Waals surface area contributed by atoms with Crippen molar-refractivity contribution < 1.29 is 131 Å². The van der Waals surface area contributed by atoms with Gasteiger partial charge in [0.25, 0.3) is 0 Å². The average Bonchev–Trinajstić information content (AvgIpc) is 3.66. The minimum atomic E-state index is -4.97. The second-order valence-electron chi connectivity index (χ2n) is 7.49. The molecule has 0 saturated carbocycles. The van der Waals surface area contributed by atoms with Gasteiger partial charge in [-0.05, 0) is 36.4 Å². The molecule has 19 heteroatoms.